The molecule has 4 rings (SSSR count). The van der Waals surface area contributed by atoms with E-state index < -0.39 is 0 Å². The van der Waals surface area contributed by atoms with Gasteiger partial charge in [-0.3, -0.25) is 9.79 Å². The quantitative estimate of drug-likeness (QED) is 0.309. The Labute approximate surface area is 214 Å². The van der Waals surface area contributed by atoms with E-state index in [1.54, 1.807) is 7.05 Å². The predicted octanol–water partition coefficient (Wildman–Crippen LogP) is 3.44. The van der Waals surface area contributed by atoms with Crippen LogP contribution >= 0.6 is 24.0 Å². The summed E-state index contributed by atoms with van der Waals surface area (Å²) in [6.07, 6.45) is 3.88. The Balaban J connectivity index is 0.00000306. The summed E-state index contributed by atoms with van der Waals surface area (Å²) in [6, 6.07) is 17.1. The zero-order chi connectivity index (χ0) is 22.3. The maximum Gasteiger partial charge on any atom is 0.223 e. The summed E-state index contributed by atoms with van der Waals surface area (Å²) in [5.74, 6) is 1.36. The maximum absolute atomic E-state index is 12.4. The molecule has 1 saturated heterocycles. The third kappa shape index (κ3) is 6.85. The molecule has 1 atom stereocenters. The van der Waals surface area contributed by atoms with Crippen LogP contribution in [-0.4, -0.2) is 57.0 Å². The third-order valence-electron chi connectivity index (χ3n) is 6.54. The molecule has 6 nitrogen and oxygen atoms in total. The van der Waals surface area contributed by atoms with Gasteiger partial charge in [-0.25, -0.2) is 0 Å². The largest absolute Gasteiger partial charge is 0.374 e. The lowest BCUT2D eigenvalue weighted by Gasteiger charge is -2.28. The molecule has 0 aliphatic carbocycles. The lowest BCUT2D eigenvalue weighted by molar-refractivity contribution is -0.127. The number of hydrogen-bond acceptors (Lipinski definition) is 3. The van der Waals surface area contributed by atoms with Crippen molar-refractivity contribution in [1.82, 2.24) is 15.5 Å². The molecule has 33 heavy (non-hydrogen) atoms. The van der Waals surface area contributed by atoms with Gasteiger partial charge in [-0.05, 0) is 42.0 Å². The standard InChI is InChI=1S/C26H35N5O.HI/c1-27-26(28-17-21-10-11-24-23(15-21)9-6-13-30(24)2)29-18-22-16-25(32)31(19-22)14-12-20-7-4-3-5-8-20;/h3-5,7-8,10-11,15,22H,6,9,12-14,16-19H2,1-2H3,(H2,27,28,29);1H. The number of rotatable bonds is 7. The lowest BCUT2D eigenvalue weighted by atomic mass is 9.99. The number of halogens is 1. The van der Waals surface area contributed by atoms with Gasteiger partial charge in [0.05, 0.1) is 0 Å². The van der Waals surface area contributed by atoms with Crippen LogP contribution in [-0.2, 0) is 24.2 Å². The average Bonchev–Trinajstić information content (AvgIpc) is 3.18. The molecule has 0 spiro atoms. The molecule has 178 valence electrons. The molecule has 1 fully saturated rings. The number of aliphatic imine (C=N–C) groups is 1. The molecule has 0 radical (unpaired) electrons. The van der Waals surface area contributed by atoms with Crippen LogP contribution in [0.1, 0.15) is 29.5 Å². The van der Waals surface area contributed by atoms with Gasteiger partial charge >= 0.3 is 0 Å². The number of aryl methyl sites for hydroxylation is 1. The van der Waals surface area contributed by atoms with E-state index in [-0.39, 0.29) is 29.9 Å². The van der Waals surface area contributed by atoms with E-state index in [1.165, 1.54) is 28.8 Å². The second kappa shape index (κ2) is 12.3. The zero-order valence-corrected chi connectivity index (χ0v) is 22.0. The SMILES string of the molecule is CN=C(NCc1ccc2c(c1)CCCN2C)NCC1CC(=O)N(CCc2ccccc2)C1.I. The number of amides is 1. The predicted molar refractivity (Wildman–Crippen MR) is 146 cm³/mol. The summed E-state index contributed by atoms with van der Waals surface area (Å²) in [7, 11) is 3.96. The summed E-state index contributed by atoms with van der Waals surface area (Å²) >= 11 is 0. The highest BCUT2D eigenvalue weighted by Crippen LogP contribution is 2.26. The van der Waals surface area contributed by atoms with E-state index >= 15 is 0 Å². The van der Waals surface area contributed by atoms with Crippen molar-refractivity contribution in [3.63, 3.8) is 0 Å². The molecule has 0 bridgehead atoms. The first-order valence-electron chi connectivity index (χ1n) is 11.7. The van der Waals surface area contributed by atoms with Gasteiger partial charge in [-0.2, -0.15) is 0 Å². The first-order valence-corrected chi connectivity index (χ1v) is 11.7. The van der Waals surface area contributed by atoms with E-state index in [4.69, 9.17) is 0 Å². The number of hydrogen-bond donors (Lipinski definition) is 2. The normalized spacial score (nSPS) is 18.1. The second-order valence-electron chi connectivity index (χ2n) is 8.94. The van der Waals surface area contributed by atoms with Gasteiger partial charge < -0.3 is 20.4 Å². The molecule has 2 aromatic carbocycles. The second-order valence-corrected chi connectivity index (χ2v) is 8.94. The van der Waals surface area contributed by atoms with Crippen molar-refractivity contribution in [2.24, 2.45) is 10.9 Å². The minimum atomic E-state index is 0. The summed E-state index contributed by atoms with van der Waals surface area (Å²) in [4.78, 5) is 21.1. The molecule has 2 aliphatic heterocycles. The molecule has 0 aromatic heterocycles. The van der Waals surface area contributed by atoms with Gasteiger partial charge in [0.2, 0.25) is 5.91 Å². The lowest BCUT2D eigenvalue weighted by Crippen LogP contribution is -2.40. The van der Waals surface area contributed by atoms with Gasteiger partial charge in [0, 0.05) is 64.8 Å². The van der Waals surface area contributed by atoms with Crippen LogP contribution in [0.2, 0.25) is 0 Å². The van der Waals surface area contributed by atoms with Crippen LogP contribution in [0.15, 0.2) is 53.5 Å². The van der Waals surface area contributed by atoms with E-state index in [0.717, 1.165) is 51.5 Å². The molecule has 2 aromatic rings. The Kier molecular flexibility index (Phi) is 9.41. The molecule has 0 saturated carbocycles. The summed E-state index contributed by atoms with van der Waals surface area (Å²) < 4.78 is 0. The molecule has 7 heteroatoms. The fourth-order valence-electron chi connectivity index (χ4n) is 4.71. The molecule has 1 unspecified atom stereocenters. The van der Waals surface area contributed by atoms with Crippen LogP contribution in [0.3, 0.4) is 0 Å². The summed E-state index contributed by atoms with van der Waals surface area (Å²) in [5.41, 5.74) is 5.33. The smallest absolute Gasteiger partial charge is 0.223 e. The van der Waals surface area contributed by atoms with Crippen LogP contribution < -0.4 is 15.5 Å². The number of guanidine groups is 1. The number of carbonyl (C=O) groups excluding carboxylic acids is 1. The van der Waals surface area contributed by atoms with E-state index in [0.29, 0.717) is 12.3 Å². The molecule has 1 amide bonds. The Bertz CT molecular complexity index is 949. The van der Waals surface area contributed by atoms with Gasteiger partial charge in [0.25, 0.3) is 0 Å². The fourth-order valence-corrected chi connectivity index (χ4v) is 4.71. The minimum Gasteiger partial charge on any atom is -0.374 e. The van der Waals surface area contributed by atoms with Crippen molar-refractivity contribution in [1.29, 1.82) is 0 Å². The van der Waals surface area contributed by atoms with Crippen molar-refractivity contribution in [3.05, 3.63) is 65.2 Å². The van der Waals surface area contributed by atoms with Crippen molar-refractivity contribution < 1.29 is 4.79 Å². The Morgan fingerprint density at radius 3 is 2.73 bits per heavy atom. The van der Waals surface area contributed by atoms with Gasteiger partial charge in [0.1, 0.15) is 0 Å². The Morgan fingerprint density at radius 1 is 1.12 bits per heavy atom. The van der Waals surface area contributed by atoms with Crippen molar-refractivity contribution in [2.45, 2.75) is 32.2 Å². The highest BCUT2D eigenvalue weighted by Gasteiger charge is 2.29. The Hall–Kier alpha value is -2.29. The zero-order valence-electron chi connectivity index (χ0n) is 19.7. The van der Waals surface area contributed by atoms with Crippen LogP contribution in [0.5, 0.6) is 0 Å². The fraction of sp³-hybridized carbons (Fsp3) is 0.462. The van der Waals surface area contributed by atoms with Crippen molar-refractivity contribution in [2.75, 3.05) is 45.2 Å². The van der Waals surface area contributed by atoms with E-state index in [1.807, 2.05) is 11.0 Å². The molecular formula is C26H36IN5O. The number of likely N-dealkylation sites (tertiary alicyclic amines) is 1. The van der Waals surface area contributed by atoms with Crippen LogP contribution in [0.25, 0.3) is 0 Å². The number of carbonyl (C=O) groups is 1. The number of anilines is 1. The highest BCUT2D eigenvalue weighted by molar-refractivity contribution is 14.0. The molecule has 2 aliphatic rings. The average molecular weight is 562 g/mol. The minimum absolute atomic E-state index is 0. The van der Waals surface area contributed by atoms with Crippen LogP contribution in [0, 0.1) is 5.92 Å². The van der Waals surface area contributed by atoms with Gasteiger partial charge in [-0.1, -0.05) is 42.5 Å². The van der Waals surface area contributed by atoms with Crippen molar-refractivity contribution in [3.8, 4) is 0 Å². The first-order chi connectivity index (χ1) is 15.6. The number of benzene rings is 2. The molecule has 2 heterocycles. The number of nitrogens with zero attached hydrogens (tertiary/aromatic N) is 3. The van der Waals surface area contributed by atoms with E-state index in [2.05, 4.69) is 70.0 Å². The monoisotopic (exact) mass is 561 g/mol. The van der Waals surface area contributed by atoms with Gasteiger partial charge in [0.15, 0.2) is 5.96 Å². The number of nitrogens with one attached hydrogen (secondary N) is 2. The maximum atomic E-state index is 12.4. The Morgan fingerprint density at radius 2 is 1.94 bits per heavy atom. The molecular weight excluding hydrogens is 525 g/mol. The summed E-state index contributed by atoms with van der Waals surface area (Å²) in [6.45, 7) is 4.23. The van der Waals surface area contributed by atoms with E-state index in [9.17, 15) is 4.79 Å². The molecule has 2 N–H and O–H groups in total. The third-order valence-corrected chi connectivity index (χ3v) is 6.54. The van der Waals surface area contributed by atoms with Gasteiger partial charge in [-0.15, -0.1) is 24.0 Å². The first kappa shape index (κ1) is 25.3. The highest BCUT2D eigenvalue weighted by atomic mass is 127. The van der Waals surface area contributed by atoms with Crippen molar-refractivity contribution >= 4 is 41.5 Å². The number of fused-ring (bicyclic) bond motifs is 1. The topological polar surface area (TPSA) is 60.0 Å². The summed E-state index contributed by atoms with van der Waals surface area (Å²) in [5, 5.41) is 6.84. The van der Waals surface area contributed by atoms with Crippen LogP contribution in [0.4, 0.5) is 5.69 Å².